The summed E-state index contributed by atoms with van der Waals surface area (Å²) in [6, 6.07) is 8.61. The molecule has 0 bridgehead atoms. The Morgan fingerprint density at radius 2 is 1.87 bits per heavy atom. The molecule has 0 fully saturated rings. The number of hydrogen-bond donors (Lipinski definition) is 1. The lowest BCUT2D eigenvalue weighted by atomic mass is 10.0. The van der Waals surface area contributed by atoms with Gasteiger partial charge in [-0.05, 0) is 25.3 Å². The van der Waals surface area contributed by atoms with Crippen LogP contribution in [0.5, 0.6) is 0 Å². The van der Waals surface area contributed by atoms with Crippen molar-refractivity contribution in [2.45, 2.75) is 44.4 Å². The van der Waals surface area contributed by atoms with Crippen molar-refractivity contribution < 1.29 is 14.3 Å². The molecule has 124 valence electrons. The first kappa shape index (κ1) is 17.2. The molecule has 1 aliphatic rings. The van der Waals surface area contributed by atoms with Crippen molar-refractivity contribution >= 4 is 11.9 Å². The highest BCUT2D eigenvalue weighted by atomic mass is 16.5. The fourth-order valence-electron chi connectivity index (χ4n) is 2.62. The molecule has 0 aliphatic carbocycles. The Labute approximate surface area is 137 Å². The van der Waals surface area contributed by atoms with Gasteiger partial charge >= 0.3 is 5.97 Å². The molecule has 3 atom stereocenters. The second-order valence-electron chi connectivity index (χ2n) is 5.86. The van der Waals surface area contributed by atoms with E-state index in [1.807, 2.05) is 49.4 Å². The van der Waals surface area contributed by atoms with E-state index in [2.05, 4.69) is 0 Å². The van der Waals surface area contributed by atoms with Crippen LogP contribution in [0.4, 0.5) is 0 Å². The lowest BCUT2D eigenvalue weighted by Crippen LogP contribution is -2.48. The molecule has 5 nitrogen and oxygen atoms in total. The number of likely N-dealkylation sites (N-methyl/N-ethyl adjacent to an activating group) is 1. The monoisotopic (exact) mass is 316 g/mol. The van der Waals surface area contributed by atoms with Crippen molar-refractivity contribution in [3.05, 3.63) is 48.0 Å². The molecular weight excluding hydrogens is 292 g/mol. The van der Waals surface area contributed by atoms with E-state index in [1.54, 1.807) is 11.9 Å². The van der Waals surface area contributed by atoms with E-state index in [4.69, 9.17) is 10.5 Å². The molecule has 0 aromatic heterocycles. The minimum atomic E-state index is -0.578. The van der Waals surface area contributed by atoms with Gasteiger partial charge in [0, 0.05) is 13.5 Å². The van der Waals surface area contributed by atoms with Crippen LogP contribution in [-0.2, 0) is 14.3 Å². The minimum absolute atomic E-state index is 0.153. The van der Waals surface area contributed by atoms with Crippen LogP contribution in [0, 0.1) is 0 Å². The van der Waals surface area contributed by atoms with Gasteiger partial charge in [-0.15, -0.1) is 0 Å². The summed E-state index contributed by atoms with van der Waals surface area (Å²) in [7, 11) is 1.70. The Balaban J connectivity index is 2.32. The predicted molar refractivity (Wildman–Crippen MR) is 88.5 cm³/mol. The van der Waals surface area contributed by atoms with Crippen molar-refractivity contribution in [3.63, 3.8) is 0 Å². The number of hydrogen-bond acceptors (Lipinski definition) is 4. The van der Waals surface area contributed by atoms with E-state index in [0.29, 0.717) is 19.3 Å². The Kier molecular flexibility index (Phi) is 5.93. The number of carbonyl (C=O) groups is 2. The first-order valence-corrected chi connectivity index (χ1v) is 7.92. The van der Waals surface area contributed by atoms with Gasteiger partial charge in [0.05, 0.1) is 12.1 Å². The zero-order valence-corrected chi connectivity index (χ0v) is 13.6. The topological polar surface area (TPSA) is 72.6 Å². The van der Waals surface area contributed by atoms with Gasteiger partial charge in [0.25, 0.3) is 0 Å². The molecule has 2 rings (SSSR count). The molecule has 0 radical (unpaired) electrons. The Morgan fingerprint density at radius 1 is 1.17 bits per heavy atom. The second-order valence-corrected chi connectivity index (χ2v) is 5.86. The smallest absolute Gasteiger partial charge is 0.306 e. The van der Waals surface area contributed by atoms with E-state index in [-0.39, 0.29) is 17.9 Å². The summed E-state index contributed by atoms with van der Waals surface area (Å²) >= 11 is 0. The largest absolute Gasteiger partial charge is 0.455 e. The average molecular weight is 316 g/mol. The molecule has 1 heterocycles. The maximum absolute atomic E-state index is 12.5. The van der Waals surface area contributed by atoms with E-state index >= 15 is 0 Å². The quantitative estimate of drug-likeness (QED) is 0.637. The third-order valence-corrected chi connectivity index (χ3v) is 4.17. The summed E-state index contributed by atoms with van der Waals surface area (Å²) in [5.74, 6) is -0.416. The van der Waals surface area contributed by atoms with Gasteiger partial charge in [-0.2, -0.15) is 0 Å². The Bertz CT molecular complexity index is 571. The van der Waals surface area contributed by atoms with Gasteiger partial charge in [-0.25, -0.2) is 0 Å². The van der Waals surface area contributed by atoms with Gasteiger partial charge in [0.1, 0.15) is 6.10 Å². The van der Waals surface area contributed by atoms with E-state index in [1.165, 1.54) is 0 Å². The summed E-state index contributed by atoms with van der Waals surface area (Å²) in [6.45, 7) is 1.87. The lowest BCUT2D eigenvalue weighted by molar-refractivity contribution is -0.155. The SMILES string of the molecule is C[C@@H]1[C@@H](c2ccccc2)OC(=O)CC/C=C/C[C@@H](N)C(=O)N1C. The molecule has 2 N–H and O–H groups in total. The second kappa shape index (κ2) is 7.92. The normalized spacial score (nSPS) is 28.5. The van der Waals surface area contributed by atoms with Crippen LogP contribution in [0.25, 0.3) is 0 Å². The molecule has 1 aliphatic heterocycles. The predicted octanol–water partition coefficient (Wildman–Crippen LogP) is 2.19. The molecule has 1 amide bonds. The first-order valence-electron chi connectivity index (χ1n) is 7.92. The minimum Gasteiger partial charge on any atom is -0.455 e. The molecule has 1 aromatic carbocycles. The molecular formula is C18H24N2O3. The molecule has 0 saturated heterocycles. The highest BCUT2D eigenvalue weighted by Gasteiger charge is 2.31. The van der Waals surface area contributed by atoms with Crippen molar-refractivity contribution in [2.75, 3.05) is 7.05 Å². The van der Waals surface area contributed by atoms with Crippen LogP contribution >= 0.6 is 0 Å². The zero-order chi connectivity index (χ0) is 16.8. The number of benzene rings is 1. The Hall–Kier alpha value is -2.14. The molecule has 1 aromatic rings. The van der Waals surface area contributed by atoms with Gasteiger partial charge in [0.15, 0.2) is 0 Å². The summed E-state index contributed by atoms with van der Waals surface area (Å²) in [4.78, 5) is 26.1. The standard InChI is InChI=1S/C18H24N2O3/c1-13-17(14-9-5-3-6-10-14)23-16(21)12-8-4-7-11-15(19)18(22)20(13)2/h3-7,9-10,13,15,17H,8,11-12,19H2,1-2H3/b7-4+/t13-,15-,17+/m1/s1. The van der Waals surface area contributed by atoms with E-state index in [0.717, 1.165) is 5.56 Å². The van der Waals surface area contributed by atoms with Crippen LogP contribution in [-0.4, -0.2) is 35.9 Å². The molecule has 23 heavy (non-hydrogen) atoms. The van der Waals surface area contributed by atoms with Crippen LogP contribution < -0.4 is 5.73 Å². The highest BCUT2D eigenvalue weighted by molar-refractivity contribution is 5.82. The van der Waals surface area contributed by atoms with Crippen molar-refractivity contribution in [2.24, 2.45) is 5.73 Å². The number of cyclic esters (lactones) is 1. The molecule has 5 heteroatoms. The lowest BCUT2D eigenvalue weighted by Gasteiger charge is -2.33. The number of rotatable bonds is 1. The van der Waals surface area contributed by atoms with Gasteiger partial charge < -0.3 is 15.4 Å². The maximum atomic E-state index is 12.5. The summed E-state index contributed by atoms with van der Waals surface area (Å²) in [6.07, 6.45) is 4.60. The Morgan fingerprint density at radius 3 is 2.57 bits per heavy atom. The van der Waals surface area contributed by atoms with Gasteiger partial charge in [-0.3, -0.25) is 9.59 Å². The fourth-order valence-corrected chi connectivity index (χ4v) is 2.62. The number of esters is 1. The van der Waals surface area contributed by atoms with Crippen molar-refractivity contribution in [1.82, 2.24) is 4.90 Å². The van der Waals surface area contributed by atoms with Crippen LogP contribution in [0.1, 0.15) is 37.9 Å². The number of ether oxygens (including phenoxy) is 1. The number of nitrogens with two attached hydrogens (primary N) is 1. The number of nitrogens with zero attached hydrogens (tertiary/aromatic N) is 1. The average Bonchev–Trinajstić information content (AvgIpc) is 2.57. The van der Waals surface area contributed by atoms with Gasteiger partial charge in [0.2, 0.25) is 5.91 Å². The van der Waals surface area contributed by atoms with Crippen molar-refractivity contribution in [1.29, 1.82) is 0 Å². The summed E-state index contributed by atoms with van der Waals surface area (Å²) in [5, 5.41) is 0. The number of carbonyl (C=O) groups excluding carboxylic acids is 2. The molecule has 0 saturated carbocycles. The van der Waals surface area contributed by atoms with Crippen LogP contribution in [0.3, 0.4) is 0 Å². The van der Waals surface area contributed by atoms with E-state index in [9.17, 15) is 9.59 Å². The number of allylic oxidation sites excluding steroid dienone is 1. The highest BCUT2D eigenvalue weighted by Crippen LogP contribution is 2.26. The fraction of sp³-hybridized carbons (Fsp3) is 0.444. The van der Waals surface area contributed by atoms with E-state index < -0.39 is 12.1 Å². The summed E-state index contributed by atoms with van der Waals surface area (Å²) < 4.78 is 5.67. The summed E-state index contributed by atoms with van der Waals surface area (Å²) in [5.41, 5.74) is 6.84. The molecule has 0 unspecified atom stereocenters. The third kappa shape index (κ3) is 4.42. The third-order valence-electron chi connectivity index (χ3n) is 4.17. The van der Waals surface area contributed by atoms with Crippen LogP contribution in [0.15, 0.2) is 42.5 Å². The van der Waals surface area contributed by atoms with Gasteiger partial charge in [-0.1, -0.05) is 42.5 Å². The van der Waals surface area contributed by atoms with Crippen molar-refractivity contribution in [3.8, 4) is 0 Å². The maximum Gasteiger partial charge on any atom is 0.306 e. The van der Waals surface area contributed by atoms with Crippen LogP contribution in [0.2, 0.25) is 0 Å². The first-order chi connectivity index (χ1) is 11.0. The number of amides is 1. The molecule has 0 spiro atoms. The zero-order valence-electron chi connectivity index (χ0n) is 13.6.